The molecule has 0 aromatic carbocycles. The van der Waals surface area contributed by atoms with Gasteiger partial charge in [0.25, 0.3) is 0 Å². The third kappa shape index (κ3) is 5.69. The van der Waals surface area contributed by atoms with E-state index in [2.05, 4.69) is 23.8 Å². The van der Waals surface area contributed by atoms with Crippen LogP contribution in [0, 0.1) is 52.3 Å². The van der Waals surface area contributed by atoms with Gasteiger partial charge in [0.15, 0.2) is 5.78 Å². The summed E-state index contributed by atoms with van der Waals surface area (Å²) >= 11 is 0. The Morgan fingerprint density at radius 3 is 2.49 bits per heavy atom. The maximum Gasteiger partial charge on any atom is 0.310 e. The van der Waals surface area contributed by atoms with Crippen molar-refractivity contribution < 1.29 is 19.1 Å². The molecule has 7 heteroatoms. The third-order valence-corrected chi connectivity index (χ3v) is 12.8. The fraction of sp³-hybridized carbons (Fsp3) is 0.824. The number of rotatable bonds is 10. The number of fused-ring (bicyclic) bond motifs is 5. The highest BCUT2D eigenvalue weighted by atomic mass is 16.5. The van der Waals surface area contributed by atoms with Gasteiger partial charge in [0, 0.05) is 30.7 Å². The van der Waals surface area contributed by atoms with E-state index in [9.17, 15) is 14.4 Å². The van der Waals surface area contributed by atoms with Crippen molar-refractivity contribution in [3.05, 3.63) is 18.2 Å². The van der Waals surface area contributed by atoms with Gasteiger partial charge >= 0.3 is 5.97 Å². The van der Waals surface area contributed by atoms with E-state index in [1.54, 1.807) is 19.4 Å². The van der Waals surface area contributed by atoms with Crippen LogP contribution in [-0.4, -0.2) is 39.6 Å². The number of aromatic amines is 1. The summed E-state index contributed by atoms with van der Waals surface area (Å²) in [5.41, 5.74) is 7.53. The zero-order valence-corrected chi connectivity index (χ0v) is 26.0. The molecular formula is C34H53N3O4. The first kappa shape index (κ1) is 30.4. The van der Waals surface area contributed by atoms with Crippen LogP contribution in [0.15, 0.2) is 12.5 Å². The summed E-state index contributed by atoms with van der Waals surface area (Å²) in [6.45, 7) is 10.8. The molecule has 0 bridgehead atoms. The Kier molecular flexibility index (Phi) is 8.86. The number of imidazole rings is 1. The van der Waals surface area contributed by atoms with Crippen LogP contribution in [0.4, 0.5) is 0 Å². The van der Waals surface area contributed by atoms with Gasteiger partial charge in [-0.25, -0.2) is 4.98 Å². The molecule has 0 saturated heterocycles. The highest BCUT2D eigenvalue weighted by molar-refractivity contribution is 5.88. The van der Waals surface area contributed by atoms with E-state index in [-0.39, 0.29) is 46.9 Å². The molecule has 5 rings (SSSR count). The summed E-state index contributed by atoms with van der Waals surface area (Å²) < 4.78 is 6.22. The Balaban J connectivity index is 1.24. The highest BCUT2D eigenvalue weighted by Crippen LogP contribution is 2.67. The van der Waals surface area contributed by atoms with E-state index in [0.717, 1.165) is 43.7 Å². The van der Waals surface area contributed by atoms with Gasteiger partial charge in [-0.1, -0.05) is 34.1 Å². The number of hydrogen-bond acceptors (Lipinski definition) is 6. The average Bonchev–Trinajstić information content (AvgIpc) is 3.59. The van der Waals surface area contributed by atoms with Gasteiger partial charge in [0.05, 0.1) is 18.3 Å². The second-order valence-electron chi connectivity index (χ2n) is 14.8. The predicted octanol–water partition coefficient (Wildman–Crippen LogP) is 6.06. The number of nitrogens with zero attached hydrogens (tertiary/aromatic N) is 1. The molecule has 1 unspecified atom stereocenters. The summed E-state index contributed by atoms with van der Waals surface area (Å²) in [5.74, 6) is 2.46. The lowest BCUT2D eigenvalue weighted by atomic mass is 9.44. The summed E-state index contributed by atoms with van der Waals surface area (Å²) in [6.07, 6.45) is 14.5. The SMILES string of the molecule is CCC(C)[C@H](N)C(=O)C[C@@H](Cc1cnc[nH]1)C(=O)O[C@@H]1CC[C@@]2(C)[C@@H](CC[C@@H]3[C@@H]2CC[C@]2(C)[C@@H](C(C)=O)CC[C@@H]32)C1. The second kappa shape index (κ2) is 11.9. The zero-order valence-electron chi connectivity index (χ0n) is 26.0. The van der Waals surface area contributed by atoms with E-state index in [0.29, 0.717) is 30.0 Å². The van der Waals surface area contributed by atoms with Crippen LogP contribution >= 0.6 is 0 Å². The number of carbonyl (C=O) groups is 3. The maximum absolute atomic E-state index is 13.6. The van der Waals surface area contributed by atoms with Crippen molar-refractivity contribution in [3.63, 3.8) is 0 Å². The van der Waals surface area contributed by atoms with E-state index in [1.807, 2.05) is 13.8 Å². The number of H-pyrrole nitrogens is 1. The van der Waals surface area contributed by atoms with Gasteiger partial charge < -0.3 is 15.5 Å². The molecule has 4 aliphatic carbocycles. The molecule has 3 N–H and O–H groups in total. The number of ketones is 2. The maximum atomic E-state index is 13.6. The van der Waals surface area contributed by atoms with Crippen molar-refractivity contribution in [2.45, 2.75) is 124 Å². The largest absolute Gasteiger partial charge is 0.462 e. The van der Waals surface area contributed by atoms with E-state index >= 15 is 0 Å². The Bertz CT molecular complexity index is 1100. The van der Waals surface area contributed by atoms with Crippen LogP contribution in [0.3, 0.4) is 0 Å². The summed E-state index contributed by atoms with van der Waals surface area (Å²) in [4.78, 5) is 46.3. The monoisotopic (exact) mass is 567 g/mol. The summed E-state index contributed by atoms with van der Waals surface area (Å²) in [7, 11) is 0. The molecule has 4 aliphatic rings. The minimum absolute atomic E-state index is 0.0708. The van der Waals surface area contributed by atoms with Crippen molar-refractivity contribution in [3.8, 4) is 0 Å². The number of ether oxygens (including phenoxy) is 1. The number of nitrogens with two attached hydrogens (primary N) is 1. The molecule has 41 heavy (non-hydrogen) atoms. The van der Waals surface area contributed by atoms with Crippen LogP contribution in [0.1, 0.15) is 111 Å². The minimum atomic E-state index is -0.564. The van der Waals surface area contributed by atoms with Crippen LogP contribution in [0.25, 0.3) is 0 Å². The van der Waals surface area contributed by atoms with Crippen molar-refractivity contribution in [1.29, 1.82) is 0 Å². The quantitative estimate of drug-likeness (QED) is 0.332. The van der Waals surface area contributed by atoms with Gasteiger partial charge in [-0.05, 0) is 105 Å². The summed E-state index contributed by atoms with van der Waals surface area (Å²) in [6, 6.07) is -0.564. The lowest BCUT2D eigenvalue weighted by Gasteiger charge is -2.61. The summed E-state index contributed by atoms with van der Waals surface area (Å²) in [5, 5.41) is 0. The van der Waals surface area contributed by atoms with Crippen LogP contribution in [0.2, 0.25) is 0 Å². The van der Waals surface area contributed by atoms with E-state index in [1.165, 1.54) is 32.1 Å². The van der Waals surface area contributed by atoms with Crippen LogP contribution in [-0.2, 0) is 25.5 Å². The van der Waals surface area contributed by atoms with E-state index in [4.69, 9.17) is 10.5 Å². The Morgan fingerprint density at radius 2 is 1.80 bits per heavy atom. The number of hydrogen-bond donors (Lipinski definition) is 2. The molecule has 0 amide bonds. The van der Waals surface area contributed by atoms with Crippen molar-refractivity contribution in [1.82, 2.24) is 9.97 Å². The fourth-order valence-corrected chi connectivity index (χ4v) is 10.1. The van der Waals surface area contributed by atoms with Crippen LogP contribution in [0.5, 0.6) is 0 Å². The Hall–Kier alpha value is -2.02. The Labute approximate surface area is 246 Å². The molecule has 11 atom stereocenters. The third-order valence-electron chi connectivity index (χ3n) is 12.8. The van der Waals surface area contributed by atoms with Crippen molar-refractivity contribution >= 4 is 17.5 Å². The number of nitrogens with one attached hydrogen (secondary N) is 1. The van der Waals surface area contributed by atoms with Gasteiger partial charge in [0.2, 0.25) is 0 Å². The molecule has 1 aromatic rings. The first-order valence-electron chi connectivity index (χ1n) is 16.4. The van der Waals surface area contributed by atoms with Gasteiger partial charge in [-0.3, -0.25) is 14.4 Å². The van der Waals surface area contributed by atoms with E-state index < -0.39 is 12.0 Å². The zero-order chi connectivity index (χ0) is 29.5. The molecule has 1 heterocycles. The number of esters is 1. The van der Waals surface area contributed by atoms with Gasteiger partial charge in [-0.2, -0.15) is 0 Å². The van der Waals surface area contributed by atoms with Crippen molar-refractivity contribution in [2.24, 2.45) is 58.0 Å². The molecule has 0 aliphatic heterocycles. The average molecular weight is 568 g/mol. The number of carbonyl (C=O) groups excluding carboxylic acids is 3. The molecule has 228 valence electrons. The predicted molar refractivity (Wildman–Crippen MR) is 159 cm³/mol. The highest BCUT2D eigenvalue weighted by Gasteiger charge is 2.61. The first-order chi connectivity index (χ1) is 19.5. The lowest BCUT2D eigenvalue weighted by molar-refractivity contribution is -0.167. The van der Waals surface area contributed by atoms with Crippen molar-refractivity contribution in [2.75, 3.05) is 0 Å². The lowest BCUT2D eigenvalue weighted by Crippen LogP contribution is -2.54. The smallest absolute Gasteiger partial charge is 0.310 e. The molecule has 4 saturated carbocycles. The molecule has 1 aromatic heterocycles. The number of aromatic nitrogens is 2. The standard InChI is InChI=1S/C34H53N3O4/c1-6-20(2)31(35)30(39)16-22(15-24-18-36-19-37-24)32(40)41-25-11-13-33(4)23(17-25)7-8-26-28-10-9-27(21(3)38)34(28,5)14-12-29(26)33/h18-20,22-23,25-29,31H,6-17,35H2,1-5H3,(H,36,37)/t20?,22-,23+,25-,26+,27-,28+,29+,31+,33+,34-/m1/s1. The minimum Gasteiger partial charge on any atom is -0.462 e. The first-order valence-corrected chi connectivity index (χ1v) is 16.4. The van der Waals surface area contributed by atoms with Gasteiger partial charge in [0.1, 0.15) is 11.9 Å². The topological polar surface area (TPSA) is 115 Å². The normalized spacial score (nSPS) is 38.6. The van der Waals surface area contributed by atoms with Crippen LogP contribution < -0.4 is 5.73 Å². The molecule has 0 radical (unpaired) electrons. The second-order valence-corrected chi connectivity index (χ2v) is 14.8. The van der Waals surface area contributed by atoms with Gasteiger partial charge in [-0.15, -0.1) is 0 Å². The molecule has 4 fully saturated rings. The molecule has 0 spiro atoms. The molecular weight excluding hydrogens is 514 g/mol. The molecule has 7 nitrogen and oxygen atoms in total. The number of Topliss-reactive ketones (excluding diaryl/α,β-unsaturated/α-hetero) is 2. The Morgan fingerprint density at radius 1 is 1.07 bits per heavy atom. The fourth-order valence-electron chi connectivity index (χ4n) is 10.1.